The van der Waals surface area contributed by atoms with Gasteiger partial charge in [-0.15, -0.1) is 0 Å². The molecular formula is C14H21NO3. The highest BCUT2D eigenvalue weighted by Crippen LogP contribution is 2.05. The number of ether oxygens (including phenoxy) is 1. The minimum absolute atomic E-state index is 0.0625. The van der Waals surface area contributed by atoms with E-state index in [2.05, 4.69) is 5.32 Å². The van der Waals surface area contributed by atoms with Gasteiger partial charge in [-0.1, -0.05) is 24.3 Å². The van der Waals surface area contributed by atoms with Gasteiger partial charge in [0.1, 0.15) is 0 Å². The fourth-order valence-corrected chi connectivity index (χ4v) is 1.60. The Morgan fingerprint density at radius 3 is 2.50 bits per heavy atom. The van der Waals surface area contributed by atoms with Crippen molar-refractivity contribution in [1.29, 1.82) is 0 Å². The monoisotopic (exact) mass is 251 g/mol. The summed E-state index contributed by atoms with van der Waals surface area (Å²) in [5.41, 5.74) is 2.03. The van der Waals surface area contributed by atoms with Crippen molar-refractivity contribution < 1.29 is 14.6 Å². The average Bonchev–Trinajstić information content (AvgIpc) is 2.37. The van der Waals surface area contributed by atoms with E-state index in [0.29, 0.717) is 19.6 Å². The van der Waals surface area contributed by atoms with E-state index in [1.54, 1.807) is 6.92 Å². The summed E-state index contributed by atoms with van der Waals surface area (Å²) in [7, 11) is 0. The fraction of sp³-hybridized carbons (Fsp3) is 0.500. The summed E-state index contributed by atoms with van der Waals surface area (Å²) in [6, 6.07) is 7.81. The maximum absolute atomic E-state index is 11.3. The Kier molecular flexibility index (Phi) is 6.39. The second-order valence-corrected chi connectivity index (χ2v) is 4.27. The first kappa shape index (κ1) is 14.7. The molecule has 0 aromatic heterocycles. The Morgan fingerprint density at radius 1 is 1.33 bits per heavy atom. The molecule has 0 heterocycles. The summed E-state index contributed by atoms with van der Waals surface area (Å²) < 4.78 is 4.89. The average molecular weight is 251 g/mol. The first-order chi connectivity index (χ1) is 8.65. The number of esters is 1. The molecule has 4 nitrogen and oxygen atoms in total. The van der Waals surface area contributed by atoms with Gasteiger partial charge in [0.05, 0.1) is 19.6 Å². The van der Waals surface area contributed by atoms with Crippen molar-refractivity contribution in [2.24, 2.45) is 0 Å². The van der Waals surface area contributed by atoms with Crippen LogP contribution >= 0.6 is 0 Å². The molecule has 0 saturated heterocycles. The molecule has 1 aromatic carbocycles. The molecule has 0 radical (unpaired) electrons. The number of hydrogen-bond acceptors (Lipinski definition) is 4. The first-order valence-corrected chi connectivity index (χ1v) is 6.23. The molecule has 0 aliphatic carbocycles. The quantitative estimate of drug-likeness (QED) is 0.723. The number of nitrogens with one attached hydrogen (secondary N) is 1. The van der Waals surface area contributed by atoms with E-state index in [0.717, 1.165) is 11.1 Å². The van der Waals surface area contributed by atoms with Gasteiger partial charge in [-0.3, -0.25) is 4.79 Å². The lowest BCUT2D eigenvalue weighted by Crippen LogP contribution is -2.28. The van der Waals surface area contributed by atoms with Crippen LogP contribution in [0.2, 0.25) is 0 Å². The molecule has 0 saturated carbocycles. The predicted molar refractivity (Wildman–Crippen MR) is 69.9 cm³/mol. The first-order valence-electron chi connectivity index (χ1n) is 6.23. The number of aliphatic hydroxyl groups is 1. The third kappa shape index (κ3) is 5.29. The van der Waals surface area contributed by atoms with Gasteiger partial charge in [-0.05, 0) is 25.0 Å². The van der Waals surface area contributed by atoms with Gasteiger partial charge < -0.3 is 15.2 Å². The van der Waals surface area contributed by atoms with Crippen molar-refractivity contribution in [1.82, 2.24) is 5.32 Å². The van der Waals surface area contributed by atoms with Crippen LogP contribution in [0.25, 0.3) is 0 Å². The maximum Gasteiger partial charge on any atom is 0.307 e. The molecular weight excluding hydrogens is 230 g/mol. The van der Waals surface area contributed by atoms with Crippen LogP contribution < -0.4 is 5.32 Å². The molecule has 0 spiro atoms. The number of carbonyl (C=O) groups is 1. The fourth-order valence-electron chi connectivity index (χ4n) is 1.60. The van der Waals surface area contributed by atoms with Crippen molar-refractivity contribution in [3.05, 3.63) is 35.4 Å². The van der Waals surface area contributed by atoms with E-state index in [1.165, 1.54) is 0 Å². The van der Waals surface area contributed by atoms with Crippen molar-refractivity contribution >= 4 is 5.97 Å². The minimum atomic E-state index is -0.173. The van der Waals surface area contributed by atoms with Crippen LogP contribution in [0.15, 0.2) is 24.3 Å². The van der Waals surface area contributed by atoms with E-state index in [9.17, 15) is 4.79 Å². The molecule has 1 unspecified atom stereocenters. The Morgan fingerprint density at radius 2 is 1.94 bits per heavy atom. The standard InChI is InChI=1S/C14H21NO3/c1-3-18-14(17)8-11(2)15-9-12-4-6-13(10-16)7-5-12/h4-7,11,15-16H,3,8-10H2,1-2H3. The molecule has 1 aromatic rings. The second kappa shape index (κ2) is 7.84. The van der Waals surface area contributed by atoms with Gasteiger partial charge in [0.15, 0.2) is 0 Å². The van der Waals surface area contributed by atoms with Crippen LogP contribution in [0, 0.1) is 0 Å². The smallest absolute Gasteiger partial charge is 0.307 e. The second-order valence-electron chi connectivity index (χ2n) is 4.27. The molecule has 0 aliphatic heterocycles. The van der Waals surface area contributed by atoms with Crippen LogP contribution in [-0.2, 0) is 22.7 Å². The number of aliphatic hydroxyl groups excluding tert-OH is 1. The summed E-state index contributed by atoms with van der Waals surface area (Å²) in [5.74, 6) is -0.173. The Balaban J connectivity index is 2.32. The van der Waals surface area contributed by atoms with Crippen molar-refractivity contribution in [2.45, 2.75) is 39.5 Å². The van der Waals surface area contributed by atoms with Crippen molar-refractivity contribution in [2.75, 3.05) is 6.61 Å². The predicted octanol–water partition coefficient (Wildman–Crippen LogP) is 1.61. The topological polar surface area (TPSA) is 58.6 Å². The SMILES string of the molecule is CCOC(=O)CC(C)NCc1ccc(CO)cc1. The lowest BCUT2D eigenvalue weighted by atomic mass is 10.1. The Bertz CT molecular complexity index is 362. The highest BCUT2D eigenvalue weighted by molar-refractivity contribution is 5.69. The number of carbonyl (C=O) groups excluding carboxylic acids is 1. The normalized spacial score (nSPS) is 12.2. The third-order valence-electron chi connectivity index (χ3n) is 2.64. The zero-order chi connectivity index (χ0) is 13.4. The maximum atomic E-state index is 11.3. The van der Waals surface area contributed by atoms with Gasteiger partial charge in [-0.2, -0.15) is 0 Å². The summed E-state index contributed by atoms with van der Waals surface area (Å²) in [5, 5.41) is 12.2. The van der Waals surface area contributed by atoms with Crippen molar-refractivity contribution in [3.63, 3.8) is 0 Å². The lowest BCUT2D eigenvalue weighted by Gasteiger charge is -2.13. The summed E-state index contributed by atoms with van der Waals surface area (Å²) in [6.45, 7) is 4.95. The lowest BCUT2D eigenvalue weighted by molar-refractivity contribution is -0.143. The molecule has 0 aliphatic rings. The van der Waals surface area contributed by atoms with Gasteiger partial charge in [0.25, 0.3) is 0 Å². The van der Waals surface area contributed by atoms with Crippen LogP contribution in [0.1, 0.15) is 31.4 Å². The van der Waals surface area contributed by atoms with E-state index in [-0.39, 0.29) is 18.6 Å². The number of benzene rings is 1. The van der Waals surface area contributed by atoms with E-state index < -0.39 is 0 Å². The molecule has 0 bridgehead atoms. The number of hydrogen-bond donors (Lipinski definition) is 2. The summed E-state index contributed by atoms with van der Waals surface area (Å²) in [6.07, 6.45) is 0.378. The summed E-state index contributed by atoms with van der Waals surface area (Å²) in [4.78, 5) is 11.3. The molecule has 0 amide bonds. The highest BCUT2D eigenvalue weighted by Gasteiger charge is 2.08. The largest absolute Gasteiger partial charge is 0.466 e. The molecule has 1 rings (SSSR count). The number of rotatable bonds is 7. The van der Waals surface area contributed by atoms with Crippen molar-refractivity contribution in [3.8, 4) is 0 Å². The van der Waals surface area contributed by atoms with Gasteiger partial charge in [0.2, 0.25) is 0 Å². The Labute approximate surface area is 108 Å². The molecule has 1 atom stereocenters. The molecule has 18 heavy (non-hydrogen) atoms. The molecule has 100 valence electrons. The third-order valence-corrected chi connectivity index (χ3v) is 2.64. The zero-order valence-electron chi connectivity index (χ0n) is 11.0. The van der Waals surface area contributed by atoms with E-state index in [1.807, 2.05) is 31.2 Å². The van der Waals surface area contributed by atoms with Crippen LogP contribution in [0.4, 0.5) is 0 Å². The van der Waals surface area contributed by atoms with Crippen LogP contribution in [0.3, 0.4) is 0 Å². The van der Waals surface area contributed by atoms with Gasteiger partial charge in [-0.25, -0.2) is 0 Å². The molecule has 0 fully saturated rings. The molecule has 4 heteroatoms. The minimum Gasteiger partial charge on any atom is -0.466 e. The summed E-state index contributed by atoms with van der Waals surface area (Å²) >= 11 is 0. The zero-order valence-corrected chi connectivity index (χ0v) is 11.0. The van der Waals surface area contributed by atoms with Crippen LogP contribution in [0.5, 0.6) is 0 Å². The van der Waals surface area contributed by atoms with Gasteiger partial charge in [0, 0.05) is 12.6 Å². The van der Waals surface area contributed by atoms with E-state index >= 15 is 0 Å². The molecule has 2 N–H and O–H groups in total. The van der Waals surface area contributed by atoms with Crippen LogP contribution in [-0.4, -0.2) is 23.7 Å². The Hall–Kier alpha value is -1.39. The van der Waals surface area contributed by atoms with Gasteiger partial charge >= 0.3 is 5.97 Å². The van der Waals surface area contributed by atoms with E-state index in [4.69, 9.17) is 9.84 Å². The highest BCUT2D eigenvalue weighted by atomic mass is 16.5.